The van der Waals surface area contributed by atoms with Crippen molar-refractivity contribution >= 4 is 23.3 Å². The number of pyridine rings is 1. The maximum Gasteiger partial charge on any atom is 0.331 e. The van der Waals surface area contributed by atoms with Gasteiger partial charge in [-0.25, -0.2) is 4.79 Å². The summed E-state index contributed by atoms with van der Waals surface area (Å²) in [5.41, 5.74) is 9.96. The molecule has 246 valence electrons. The Morgan fingerprint density at radius 1 is 1.13 bits per heavy atom. The Kier molecular flexibility index (Phi) is 10.6. The van der Waals surface area contributed by atoms with Crippen molar-refractivity contribution in [1.29, 1.82) is 5.41 Å². The van der Waals surface area contributed by atoms with E-state index in [9.17, 15) is 9.90 Å². The van der Waals surface area contributed by atoms with E-state index in [1.54, 1.807) is 25.1 Å². The predicted octanol–water partition coefficient (Wildman–Crippen LogP) is 4.51. The highest BCUT2D eigenvalue weighted by molar-refractivity contribution is 6.00. The Balaban J connectivity index is 1.89. The lowest BCUT2D eigenvalue weighted by atomic mass is 10.0. The molecule has 0 saturated carbocycles. The molecule has 1 aliphatic heterocycles. The van der Waals surface area contributed by atoms with E-state index < -0.39 is 46.3 Å². The van der Waals surface area contributed by atoms with Crippen LogP contribution in [0, 0.1) is 17.0 Å². The molecule has 2 heterocycles. The van der Waals surface area contributed by atoms with Gasteiger partial charge in [-0.15, -0.1) is 0 Å². The summed E-state index contributed by atoms with van der Waals surface area (Å²) in [6.45, 7) is 6.34. The summed E-state index contributed by atoms with van der Waals surface area (Å²) in [5.74, 6) is -4.74. The number of unbranched alkanes of at least 4 members (excludes halogenated alkanes) is 1. The zero-order valence-corrected chi connectivity index (χ0v) is 26.3. The minimum absolute atomic E-state index is 0.00641. The minimum Gasteiger partial charge on any atom is -0.504 e. The number of carbonyl (C=O) groups excluding carboxylic acids is 1. The average Bonchev–Trinajstić information content (AvgIpc) is 3.45. The molecule has 0 fully saturated rings. The molecule has 0 spiro atoms. The number of esters is 1. The van der Waals surface area contributed by atoms with Gasteiger partial charge in [0.05, 0.1) is 13.2 Å². The number of amidine groups is 2. The lowest BCUT2D eigenvalue weighted by molar-refractivity contribution is -0.148. The van der Waals surface area contributed by atoms with Crippen molar-refractivity contribution in [3.05, 3.63) is 65.2 Å². The zero-order valence-electron chi connectivity index (χ0n) is 26.3. The minimum atomic E-state index is -1.57. The molecule has 4 rings (SSSR count). The van der Waals surface area contributed by atoms with Crippen LogP contribution in [0.3, 0.4) is 0 Å². The fourth-order valence-corrected chi connectivity index (χ4v) is 4.89. The van der Waals surface area contributed by atoms with E-state index in [0.717, 1.165) is 17.9 Å². The Morgan fingerprint density at radius 2 is 1.85 bits per heavy atom. The number of rotatable bonds is 14. The quantitative estimate of drug-likeness (QED) is 0.0851. The van der Waals surface area contributed by atoms with Crippen molar-refractivity contribution in [2.45, 2.75) is 39.2 Å². The number of aromatic hydroxyl groups is 1. The Morgan fingerprint density at radius 3 is 2.48 bits per heavy atom. The molecule has 0 radical (unpaired) electrons. The van der Waals surface area contributed by atoms with Crippen LogP contribution in [0.5, 0.6) is 29.0 Å². The Labute approximate surface area is 266 Å². The number of likely N-dealkylation sites (N-methyl/N-ethyl adjacent to an activating group) is 1. The number of benzene rings is 2. The van der Waals surface area contributed by atoms with Crippen LogP contribution < -0.4 is 25.8 Å². The molecule has 1 aromatic heterocycles. The highest BCUT2D eigenvalue weighted by atomic mass is 19.1. The molecule has 14 heteroatoms. The molecule has 0 bridgehead atoms. The molecule has 0 atom stereocenters. The molecule has 1 aliphatic rings. The molecule has 2 aromatic carbocycles. The third-order valence-corrected chi connectivity index (χ3v) is 7.39. The monoisotopic (exact) mass is 639 g/mol. The number of aromatic nitrogens is 1. The van der Waals surface area contributed by atoms with Crippen molar-refractivity contribution in [2.75, 3.05) is 44.7 Å². The maximum absolute atomic E-state index is 16.6. The van der Waals surface area contributed by atoms with Crippen LogP contribution in [0.2, 0.25) is 0 Å². The van der Waals surface area contributed by atoms with Crippen molar-refractivity contribution < 1.29 is 32.9 Å². The van der Waals surface area contributed by atoms with Crippen LogP contribution in [-0.2, 0) is 9.53 Å². The number of phenols is 1. The first kappa shape index (κ1) is 33.9. The van der Waals surface area contributed by atoms with Crippen LogP contribution in [0.25, 0.3) is 0 Å². The second kappa shape index (κ2) is 14.4. The molecular weight excluding hydrogens is 600 g/mol. The molecular formula is C32H39F2N7O5. The van der Waals surface area contributed by atoms with Gasteiger partial charge in [0.15, 0.2) is 11.5 Å². The number of nitrogens with one attached hydrogen (secondary N) is 1. The van der Waals surface area contributed by atoms with Gasteiger partial charge >= 0.3 is 5.97 Å². The number of carbonyl (C=O) groups is 1. The van der Waals surface area contributed by atoms with Gasteiger partial charge in [0.1, 0.15) is 28.6 Å². The van der Waals surface area contributed by atoms with E-state index in [-0.39, 0.29) is 36.0 Å². The van der Waals surface area contributed by atoms with Gasteiger partial charge in [0.2, 0.25) is 11.6 Å². The summed E-state index contributed by atoms with van der Waals surface area (Å²) in [7, 11) is 1.90. The van der Waals surface area contributed by atoms with Gasteiger partial charge in [-0.05, 0) is 70.5 Å². The van der Waals surface area contributed by atoms with E-state index in [0.29, 0.717) is 25.9 Å². The van der Waals surface area contributed by atoms with E-state index in [2.05, 4.69) is 9.98 Å². The predicted molar refractivity (Wildman–Crippen MR) is 170 cm³/mol. The fraction of sp³-hybridized carbons (Fsp3) is 0.375. The van der Waals surface area contributed by atoms with Crippen molar-refractivity contribution in [2.24, 2.45) is 16.5 Å². The molecule has 46 heavy (non-hydrogen) atoms. The third-order valence-electron chi connectivity index (χ3n) is 7.39. The SMILES string of the molecule is CCOC(=O)C(C)(C)N(CCCCN)c1c(F)c(Oc2cccc(C3=NCCN3C)c2)nc(Oc2cc(C(=N)N)ccc2O)c1F. The number of nitrogens with zero attached hydrogens (tertiary/aromatic N) is 4. The number of hydrogen-bond donors (Lipinski definition) is 4. The standard InChI is InChI=1S/C32H39F2N7O5/c1-5-44-31(43)32(2,3)41(15-7-6-13-35)26-24(33)29(45-21-10-8-9-20(17-21)28-38-14-16-40(28)4)39-30(25(26)34)46-23-18-19(27(36)37)11-12-22(23)42/h8-12,17-18,42H,5-7,13-16,35H2,1-4H3,(H3,36,37). The smallest absolute Gasteiger partial charge is 0.331 e. The van der Waals surface area contributed by atoms with Gasteiger partial charge in [0, 0.05) is 31.3 Å². The molecule has 3 aromatic rings. The highest BCUT2D eigenvalue weighted by Gasteiger charge is 2.41. The van der Waals surface area contributed by atoms with Crippen LogP contribution >= 0.6 is 0 Å². The Hall–Kier alpha value is -4.98. The number of aliphatic imine (C=N–C) groups is 1. The molecule has 0 amide bonds. The van der Waals surface area contributed by atoms with Crippen LogP contribution in [0.1, 0.15) is 44.7 Å². The average molecular weight is 640 g/mol. The number of nitrogens with two attached hydrogens (primary N) is 2. The number of phenolic OH excluding ortho intramolecular Hbond substituents is 1. The zero-order chi connectivity index (χ0) is 33.6. The number of anilines is 1. The summed E-state index contributed by atoms with van der Waals surface area (Å²) in [4.78, 5) is 24.9. The van der Waals surface area contributed by atoms with E-state index in [1.165, 1.54) is 36.9 Å². The first-order valence-electron chi connectivity index (χ1n) is 14.8. The fourth-order valence-electron chi connectivity index (χ4n) is 4.89. The lowest BCUT2D eigenvalue weighted by Crippen LogP contribution is -2.52. The summed E-state index contributed by atoms with van der Waals surface area (Å²) < 4.78 is 49.9. The van der Waals surface area contributed by atoms with Gasteiger partial charge in [-0.2, -0.15) is 13.8 Å². The first-order valence-corrected chi connectivity index (χ1v) is 14.8. The maximum atomic E-state index is 16.6. The van der Waals surface area contributed by atoms with Crippen LogP contribution in [-0.4, -0.2) is 78.0 Å². The third kappa shape index (κ3) is 7.28. The highest BCUT2D eigenvalue weighted by Crippen LogP contribution is 2.42. The van der Waals surface area contributed by atoms with Crippen molar-refractivity contribution in [3.63, 3.8) is 0 Å². The second-order valence-corrected chi connectivity index (χ2v) is 11.1. The molecule has 0 aliphatic carbocycles. The first-order chi connectivity index (χ1) is 21.9. The molecule has 0 saturated heterocycles. The number of nitrogen functional groups attached to an aromatic ring is 1. The normalized spacial score (nSPS) is 12.9. The summed E-state index contributed by atoms with van der Waals surface area (Å²) >= 11 is 0. The number of hydrogen-bond acceptors (Lipinski definition) is 11. The molecule has 0 unspecified atom stereocenters. The molecule has 6 N–H and O–H groups in total. The van der Waals surface area contributed by atoms with E-state index in [4.69, 9.17) is 31.1 Å². The Bertz CT molecular complexity index is 1630. The van der Waals surface area contributed by atoms with Crippen molar-refractivity contribution in [1.82, 2.24) is 9.88 Å². The van der Waals surface area contributed by atoms with Crippen LogP contribution in [0.15, 0.2) is 47.5 Å². The second-order valence-electron chi connectivity index (χ2n) is 11.1. The number of halogens is 2. The summed E-state index contributed by atoms with van der Waals surface area (Å²) in [5, 5.41) is 18.2. The molecule has 12 nitrogen and oxygen atoms in total. The van der Waals surface area contributed by atoms with Crippen molar-refractivity contribution in [3.8, 4) is 29.0 Å². The van der Waals surface area contributed by atoms with Gasteiger partial charge in [0.25, 0.3) is 11.8 Å². The summed E-state index contributed by atoms with van der Waals surface area (Å²) in [6.07, 6.45) is 0.888. The van der Waals surface area contributed by atoms with Gasteiger partial charge in [-0.1, -0.05) is 12.1 Å². The van der Waals surface area contributed by atoms with Crippen LogP contribution in [0.4, 0.5) is 14.5 Å². The largest absolute Gasteiger partial charge is 0.504 e. The lowest BCUT2D eigenvalue weighted by Gasteiger charge is -2.38. The van der Waals surface area contributed by atoms with Gasteiger partial charge in [-0.3, -0.25) is 10.4 Å². The van der Waals surface area contributed by atoms with E-state index >= 15 is 8.78 Å². The topological polar surface area (TPSA) is 173 Å². The number of ether oxygens (including phenoxy) is 3. The summed E-state index contributed by atoms with van der Waals surface area (Å²) in [6, 6.07) is 10.6. The van der Waals surface area contributed by atoms with Gasteiger partial charge < -0.3 is 40.6 Å². The van der Waals surface area contributed by atoms with E-state index in [1.807, 2.05) is 18.0 Å².